The fraction of sp³-hybridized carbons (Fsp3) is 0.579. The number of likely N-dealkylation sites (tertiary alicyclic amines) is 1. The topological polar surface area (TPSA) is 60.9 Å². The summed E-state index contributed by atoms with van der Waals surface area (Å²) in [4.78, 5) is 27.7. The van der Waals surface area contributed by atoms with Gasteiger partial charge in [0.15, 0.2) is 0 Å². The first-order chi connectivity index (χ1) is 12.4. The second kappa shape index (κ2) is 8.15. The molecule has 1 aliphatic carbocycles. The fourth-order valence-corrected chi connectivity index (χ4v) is 4.52. The van der Waals surface area contributed by atoms with Gasteiger partial charge < -0.3 is 10.0 Å². The number of benzene rings is 1. The highest BCUT2D eigenvalue weighted by atomic mass is 35.5. The van der Waals surface area contributed by atoms with Gasteiger partial charge in [-0.3, -0.25) is 14.5 Å². The molecule has 1 amide bonds. The lowest BCUT2D eigenvalue weighted by Gasteiger charge is -2.37. The zero-order valence-electron chi connectivity index (χ0n) is 14.8. The summed E-state index contributed by atoms with van der Waals surface area (Å²) in [7, 11) is 0. The van der Waals surface area contributed by atoms with Crippen LogP contribution in [0, 0.1) is 5.92 Å². The van der Waals surface area contributed by atoms with Gasteiger partial charge in [0.25, 0.3) is 0 Å². The van der Waals surface area contributed by atoms with Crippen molar-refractivity contribution in [3.8, 4) is 0 Å². The first-order valence-corrected chi connectivity index (χ1v) is 9.85. The quantitative estimate of drug-likeness (QED) is 0.796. The van der Waals surface area contributed by atoms with Gasteiger partial charge in [0.05, 0.1) is 6.54 Å². The summed E-state index contributed by atoms with van der Waals surface area (Å²) in [5, 5.41) is 10.3. The highest BCUT2D eigenvalue weighted by Crippen LogP contribution is 2.51. The molecule has 2 aliphatic rings. The highest BCUT2D eigenvalue weighted by Gasteiger charge is 2.47. The molecule has 2 unspecified atom stereocenters. The van der Waals surface area contributed by atoms with Crippen LogP contribution in [0.25, 0.3) is 0 Å². The molecule has 5 nitrogen and oxygen atoms in total. The molecule has 0 radical (unpaired) electrons. The van der Waals surface area contributed by atoms with Gasteiger partial charge in [0.1, 0.15) is 0 Å². The third-order valence-electron chi connectivity index (χ3n) is 5.51. The van der Waals surface area contributed by atoms with Crippen molar-refractivity contribution in [1.82, 2.24) is 9.80 Å². The predicted octanol–water partition coefficient (Wildman–Crippen LogP) is 3.49. The van der Waals surface area contributed by atoms with E-state index in [1.807, 2.05) is 28.9 Å². The molecule has 0 bridgehead atoms. The van der Waals surface area contributed by atoms with Crippen LogP contribution in [0.4, 0.5) is 0 Å². The number of piperidine rings is 1. The summed E-state index contributed by atoms with van der Waals surface area (Å²) in [6.45, 7) is 4.14. The number of hydrogen-bond donors (Lipinski definition) is 1. The Morgan fingerprint density at radius 3 is 2.54 bits per heavy atom. The van der Waals surface area contributed by atoms with Crippen LogP contribution in [-0.2, 0) is 9.59 Å². The van der Waals surface area contributed by atoms with Crippen LogP contribution < -0.4 is 0 Å². The molecular formula is C19H24Cl2N2O3. The minimum Gasteiger partial charge on any atom is -0.480 e. The Kier molecular flexibility index (Phi) is 6.10. The summed E-state index contributed by atoms with van der Waals surface area (Å²) in [5.41, 5.74) is 1.00. The lowest BCUT2D eigenvalue weighted by atomic mass is 10.0. The Bertz CT molecular complexity index is 689. The van der Waals surface area contributed by atoms with Crippen LogP contribution >= 0.6 is 23.2 Å². The standard InChI is InChI=1S/C19H24Cl2N2O3/c1-2-22(11-18(24)25)13-5-7-23(8-6-13)19(26)16-10-15(16)14-4-3-12(20)9-17(14)21/h3-4,9,13,15-16H,2,5-8,10-11H2,1H3,(H,24,25). The molecule has 1 aromatic carbocycles. The van der Waals surface area contributed by atoms with E-state index in [0.29, 0.717) is 29.7 Å². The number of nitrogens with zero attached hydrogens (tertiary/aromatic N) is 2. The van der Waals surface area contributed by atoms with Gasteiger partial charge in [-0.2, -0.15) is 0 Å². The molecule has 0 spiro atoms. The second-order valence-corrected chi connectivity index (χ2v) is 7.97. The van der Waals surface area contributed by atoms with Crippen LogP contribution in [0.15, 0.2) is 18.2 Å². The smallest absolute Gasteiger partial charge is 0.317 e. The molecule has 1 aliphatic heterocycles. The van der Waals surface area contributed by atoms with E-state index in [1.54, 1.807) is 6.07 Å². The molecular weight excluding hydrogens is 375 g/mol. The minimum absolute atomic E-state index is 0.00604. The molecule has 26 heavy (non-hydrogen) atoms. The van der Waals surface area contributed by atoms with Crippen molar-refractivity contribution < 1.29 is 14.7 Å². The van der Waals surface area contributed by atoms with Gasteiger partial charge in [0.2, 0.25) is 5.91 Å². The van der Waals surface area contributed by atoms with Crippen molar-refractivity contribution in [3.05, 3.63) is 33.8 Å². The number of carbonyl (C=O) groups is 2. The summed E-state index contributed by atoms with van der Waals surface area (Å²) >= 11 is 12.2. The maximum Gasteiger partial charge on any atom is 0.317 e. The molecule has 0 aromatic heterocycles. The molecule has 142 valence electrons. The van der Waals surface area contributed by atoms with Crippen LogP contribution in [0.5, 0.6) is 0 Å². The van der Waals surface area contributed by atoms with Crippen LogP contribution in [-0.4, -0.2) is 59.0 Å². The number of carboxylic acids is 1. The predicted molar refractivity (Wildman–Crippen MR) is 102 cm³/mol. The lowest BCUT2D eigenvalue weighted by Crippen LogP contribution is -2.48. The first-order valence-electron chi connectivity index (χ1n) is 9.10. The summed E-state index contributed by atoms with van der Waals surface area (Å²) < 4.78 is 0. The van der Waals surface area contributed by atoms with Gasteiger partial charge in [0, 0.05) is 35.1 Å². The summed E-state index contributed by atoms with van der Waals surface area (Å²) in [6, 6.07) is 5.70. The molecule has 1 saturated heterocycles. The second-order valence-electron chi connectivity index (χ2n) is 7.13. The Labute approximate surface area is 163 Å². The Balaban J connectivity index is 1.54. The summed E-state index contributed by atoms with van der Waals surface area (Å²) in [6.07, 6.45) is 2.48. The van der Waals surface area contributed by atoms with E-state index in [4.69, 9.17) is 28.3 Å². The molecule has 1 N–H and O–H groups in total. The fourth-order valence-electron chi connectivity index (χ4n) is 3.97. The molecule has 3 rings (SSSR count). The minimum atomic E-state index is -0.800. The normalized spacial score (nSPS) is 23.3. The van der Waals surface area contributed by atoms with Gasteiger partial charge in [-0.25, -0.2) is 0 Å². The number of halogens is 2. The highest BCUT2D eigenvalue weighted by molar-refractivity contribution is 6.35. The Morgan fingerprint density at radius 2 is 1.96 bits per heavy atom. The van der Waals surface area contributed by atoms with Gasteiger partial charge in [-0.1, -0.05) is 36.2 Å². The zero-order chi connectivity index (χ0) is 18.8. The average Bonchev–Trinajstić information content (AvgIpc) is 3.39. The average molecular weight is 399 g/mol. The van der Waals surface area contributed by atoms with Crippen LogP contribution in [0.1, 0.15) is 37.7 Å². The molecule has 1 heterocycles. The summed E-state index contributed by atoms with van der Waals surface area (Å²) in [5.74, 6) is -0.414. The van der Waals surface area contributed by atoms with Crippen molar-refractivity contribution in [2.24, 2.45) is 5.92 Å². The molecule has 1 saturated carbocycles. The number of aliphatic carboxylic acids is 1. The van der Waals surface area contributed by atoms with E-state index in [2.05, 4.69) is 0 Å². The zero-order valence-corrected chi connectivity index (χ0v) is 16.3. The van der Waals surface area contributed by atoms with Crippen molar-refractivity contribution in [2.45, 2.75) is 38.1 Å². The van der Waals surface area contributed by atoms with E-state index in [-0.39, 0.29) is 30.3 Å². The van der Waals surface area contributed by atoms with Crippen molar-refractivity contribution >= 4 is 35.1 Å². The number of likely N-dealkylation sites (N-methyl/N-ethyl adjacent to an activating group) is 1. The molecule has 1 aromatic rings. The van der Waals surface area contributed by atoms with E-state index in [1.165, 1.54) is 0 Å². The molecule has 2 fully saturated rings. The van der Waals surface area contributed by atoms with Gasteiger partial charge in [-0.05, 0) is 49.4 Å². The van der Waals surface area contributed by atoms with Crippen molar-refractivity contribution in [3.63, 3.8) is 0 Å². The van der Waals surface area contributed by atoms with E-state index in [0.717, 1.165) is 24.8 Å². The maximum absolute atomic E-state index is 12.8. The van der Waals surface area contributed by atoms with E-state index in [9.17, 15) is 9.59 Å². The lowest BCUT2D eigenvalue weighted by molar-refractivity contribution is -0.140. The van der Waals surface area contributed by atoms with Gasteiger partial charge >= 0.3 is 5.97 Å². The van der Waals surface area contributed by atoms with Crippen molar-refractivity contribution in [2.75, 3.05) is 26.2 Å². The third kappa shape index (κ3) is 4.33. The molecule has 2 atom stereocenters. The largest absolute Gasteiger partial charge is 0.480 e. The SMILES string of the molecule is CCN(CC(=O)O)C1CCN(C(=O)C2CC2c2ccc(Cl)cc2Cl)CC1. The van der Waals surface area contributed by atoms with Crippen LogP contribution in [0.2, 0.25) is 10.0 Å². The number of carboxylic acid groups (broad SMARTS) is 1. The Morgan fingerprint density at radius 1 is 1.27 bits per heavy atom. The number of carbonyl (C=O) groups excluding carboxylic acids is 1. The maximum atomic E-state index is 12.8. The number of amides is 1. The van der Waals surface area contributed by atoms with E-state index < -0.39 is 5.97 Å². The molecule has 7 heteroatoms. The van der Waals surface area contributed by atoms with E-state index >= 15 is 0 Å². The van der Waals surface area contributed by atoms with Crippen LogP contribution in [0.3, 0.4) is 0 Å². The Hall–Kier alpha value is -1.30. The first kappa shape index (κ1) is 19.5. The monoisotopic (exact) mass is 398 g/mol. The van der Waals surface area contributed by atoms with Crippen molar-refractivity contribution in [1.29, 1.82) is 0 Å². The van der Waals surface area contributed by atoms with Gasteiger partial charge in [-0.15, -0.1) is 0 Å². The number of hydrogen-bond acceptors (Lipinski definition) is 3. The number of rotatable bonds is 6. The third-order valence-corrected chi connectivity index (χ3v) is 6.07.